The number of anilines is 3. The molecule has 6 rings (SSSR count). The van der Waals surface area contributed by atoms with E-state index in [0.717, 1.165) is 41.5 Å². The van der Waals surface area contributed by atoms with Crippen molar-refractivity contribution in [2.75, 3.05) is 48.2 Å². The second-order valence-corrected chi connectivity index (χ2v) is 10.8. The van der Waals surface area contributed by atoms with Crippen LogP contribution < -0.4 is 19.5 Å². The first-order valence-electron chi connectivity index (χ1n) is 13.5. The molecule has 8 nitrogen and oxygen atoms in total. The lowest BCUT2D eigenvalue weighted by atomic mass is 9.67. The van der Waals surface area contributed by atoms with Crippen LogP contribution in [-0.4, -0.2) is 57.0 Å². The fourth-order valence-corrected chi connectivity index (χ4v) is 6.40. The van der Waals surface area contributed by atoms with Crippen molar-refractivity contribution in [1.82, 2.24) is 0 Å². The summed E-state index contributed by atoms with van der Waals surface area (Å²) >= 11 is 6.45. The molecule has 0 aromatic heterocycles. The Bertz CT molecular complexity index is 1490. The number of nitrogens with zero attached hydrogens (tertiary/aromatic N) is 4. The third-order valence-electron chi connectivity index (χ3n) is 8.31. The number of fused-ring (bicyclic) bond motifs is 4. The Hall–Kier alpha value is -4.04. The van der Waals surface area contributed by atoms with Crippen molar-refractivity contribution in [3.63, 3.8) is 0 Å². The Morgan fingerprint density at radius 2 is 1.77 bits per heavy atom. The van der Waals surface area contributed by atoms with Crippen molar-refractivity contribution in [2.24, 2.45) is 10.5 Å². The number of hydrazone groups is 1. The van der Waals surface area contributed by atoms with Crippen molar-refractivity contribution >= 4 is 46.3 Å². The first kappa shape index (κ1) is 26.2. The van der Waals surface area contributed by atoms with E-state index in [0.29, 0.717) is 35.8 Å². The summed E-state index contributed by atoms with van der Waals surface area (Å²) in [5, 5.41) is 7.00. The van der Waals surface area contributed by atoms with Crippen molar-refractivity contribution in [3.05, 3.63) is 82.9 Å². The van der Waals surface area contributed by atoms with Crippen LogP contribution in [0.15, 0.2) is 71.8 Å². The standard InChI is InChI=1S/C31H31ClN4O4/c1-4-40-29(37)21-6-9-25(10-7-21)36-30(38)31(20(2)33-36)18-22-5-8-23(32)17-27(22)35-16-15-34(19-28(31)35)24-11-13-26(39-3)14-12-24/h5-14,17,28H,4,15-16,18-19H2,1-3H3/t28-,31-/m1/s1. The summed E-state index contributed by atoms with van der Waals surface area (Å²) < 4.78 is 10.5. The molecule has 0 bridgehead atoms. The average molecular weight is 559 g/mol. The molecule has 3 aliphatic rings. The zero-order valence-corrected chi connectivity index (χ0v) is 23.5. The Kier molecular flexibility index (Phi) is 6.66. The summed E-state index contributed by atoms with van der Waals surface area (Å²) in [5.74, 6) is 0.344. The molecule has 1 fully saturated rings. The average Bonchev–Trinajstić information content (AvgIpc) is 3.23. The van der Waals surface area contributed by atoms with Crippen LogP contribution in [0.3, 0.4) is 0 Å². The number of esters is 1. The second kappa shape index (κ2) is 10.2. The molecule has 1 amide bonds. The van der Waals surface area contributed by atoms with Crippen LogP contribution in [0.2, 0.25) is 5.02 Å². The van der Waals surface area contributed by atoms with Gasteiger partial charge in [0.1, 0.15) is 11.2 Å². The predicted molar refractivity (Wildman–Crippen MR) is 157 cm³/mol. The molecule has 3 aromatic rings. The van der Waals surface area contributed by atoms with Crippen molar-refractivity contribution in [2.45, 2.75) is 26.3 Å². The minimum Gasteiger partial charge on any atom is -0.497 e. The lowest BCUT2D eigenvalue weighted by Crippen LogP contribution is -2.67. The van der Waals surface area contributed by atoms with Gasteiger partial charge in [-0.3, -0.25) is 4.79 Å². The van der Waals surface area contributed by atoms with E-state index in [9.17, 15) is 9.59 Å². The van der Waals surface area contributed by atoms with Gasteiger partial charge in [-0.1, -0.05) is 17.7 Å². The van der Waals surface area contributed by atoms with Gasteiger partial charge in [0.05, 0.1) is 36.7 Å². The number of piperazine rings is 1. The second-order valence-electron chi connectivity index (χ2n) is 10.3. The van der Waals surface area contributed by atoms with Gasteiger partial charge in [0.25, 0.3) is 5.91 Å². The Labute approximate surface area is 238 Å². The maximum absolute atomic E-state index is 14.5. The van der Waals surface area contributed by atoms with E-state index in [2.05, 4.69) is 21.9 Å². The zero-order chi connectivity index (χ0) is 28.0. The van der Waals surface area contributed by atoms with Gasteiger partial charge in [-0.15, -0.1) is 0 Å². The molecule has 1 spiro atoms. The highest BCUT2D eigenvalue weighted by molar-refractivity contribution is 6.31. The number of benzene rings is 3. The Morgan fingerprint density at radius 1 is 1.05 bits per heavy atom. The highest BCUT2D eigenvalue weighted by Crippen LogP contribution is 2.49. The predicted octanol–water partition coefficient (Wildman–Crippen LogP) is 5.19. The van der Waals surface area contributed by atoms with Crippen LogP contribution in [0.5, 0.6) is 5.75 Å². The van der Waals surface area contributed by atoms with E-state index in [1.165, 1.54) is 5.01 Å². The minimum absolute atomic E-state index is 0.0685. The topological polar surface area (TPSA) is 74.7 Å². The molecule has 1 saturated heterocycles. The molecule has 40 heavy (non-hydrogen) atoms. The van der Waals surface area contributed by atoms with E-state index in [4.69, 9.17) is 26.2 Å². The smallest absolute Gasteiger partial charge is 0.338 e. The summed E-state index contributed by atoms with van der Waals surface area (Å²) in [4.78, 5) is 31.3. The van der Waals surface area contributed by atoms with E-state index in [1.807, 2.05) is 37.3 Å². The lowest BCUT2D eigenvalue weighted by Gasteiger charge is -2.53. The fraction of sp³-hybridized carbons (Fsp3) is 0.323. The molecule has 9 heteroatoms. The van der Waals surface area contributed by atoms with Crippen LogP contribution in [-0.2, 0) is 16.0 Å². The molecule has 3 heterocycles. The number of halogens is 1. The van der Waals surface area contributed by atoms with Gasteiger partial charge < -0.3 is 19.3 Å². The number of amides is 1. The van der Waals surface area contributed by atoms with Gasteiger partial charge in [-0.05, 0) is 86.5 Å². The summed E-state index contributed by atoms with van der Waals surface area (Å²) in [5.41, 5.74) is 4.22. The highest BCUT2D eigenvalue weighted by atomic mass is 35.5. The monoisotopic (exact) mass is 558 g/mol. The molecule has 3 aromatic carbocycles. The lowest BCUT2D eigenvalue weighted by molar-refractivity contribution is -0.125. The van der Waals surface area contributed by atoms with Crippen molar-refractivity contribution in [1.29, 1.82) is 0 Å². The summed E-state index contributed by atoms with van der Waals surface area (Å²) in [6.45, 7) is 6.21. The van der Waals surface area contributed by atoms with Gasteiger partial charge in [0.2, 0.25) is 0 Å². The minimum atomic E-state index is -0.855. The summed E-state index contributed by atoms with van der Waals surface area (Å²) in [7, 11) is 1.66. The number of methoxy groups -OCH3 is 1. The molecule has 0 unspecified atom stereocenters. The van der Waals surface area contributed by atoms with E-state index in [1.54, 1.807) is 38.3 Å². The Morgan fingerprint density at radius 3 is 2.48 bits per heavy atom. The van der Waals surface area contributed by atoms with E-state index >= 15 is 0 Å². The normalized spacial score (nSPS) is 21.7. The molecule has 2 atom stereocenters. The number of hydrogen-bond acceptors (Lipinski definition) is 7. The number of carbonyl (C=O) groups is 2. The highest BCUT2D eigenvalue weighted by Gasteiger charge is 2.60. The summed E-state index contributed by atoms with van der Waals surface area (Å²) in [6, 6.07) is 20.7. The maximum atomic E-state index is 14.5. The molecular weight excluding hydrogens is 528 g/mol. The molecule has 0 aliphatic carbocycles. The first-order valence-corrected chi connectivity index (χ1v) is 13.8. The van der Waals surface area contributed by atoms with Gasteiger partial charge in [0, 0.05) is 36.0 Å². The largest absolute Gasteiger partial charge is 0.497 e. The number of rotatable bonds is 5. The maximum Gasteiger partial charge on any atom is 0.338 e. The molecule has 0 N–H and O–H groups in total. The molecule has 0 saturated carbocycles. The SMILES string of the molecule is CCOC(=O)c1ccc(N2N=C(C)[C@@]3(Cc4ccc(Cl)cc4N4CCN(c5ccc(OC)cc5)C[C@@H]43)C2=O)cc1. The number of ether oxygens (including phenoxy) is 2. The van der Waals surface area contributed by atoms with Gasteiger partial charge in [-0.2, -0.15) is 10.1 Å². The first-order chi connectivity index (χ1) is 19.3. The van der Waals surface area contributed by atoms with Gasteiger partial charge in [-0.25, -0.2) is 4.79 Å². The number of hydrogen-bond donors (Lipinski definition) is 0. The summed E-state index contributed by atoms with van der Waals surface area (Å²) in [6.07, 6.45) is 0.530. The van der Waals surface area contributed by atoms with Crippen molar-refractivity contribution < 1.29 is 19.1 Å². The quantitative estimate of drug-likeness (QED) is 0.401. The van der Waals surface area contributed by atoms with Crippen molar-refractivity contribution in [3.8, 4) is 5.75 Å². The van der Waals surface area contributed by atoms with Crippen LogP contribution >= 0.6 is 11.6 Å². The third kappa shape index (κ3) is 4.18. The van der Waals surface area contributed by atoms with Gasteiger partial charge >= 0.3 is 5.97 Å². The van der Waals surface area contributed by atoms with Crippen LogP contribution in [0.4, 0.5) is 17.1 Å². The van der Waals surface area contributed by atoms with E-state index < -0.39 is 11.4 Å². The molecular formula is C31H31ClN4O4. The van der Waals surface area contributed by atoms with Crippen LogP contribution in [0.1, 0.15) is 29.8 Å². The molecule has 0 radical (unpaired) electrons. The van der Waals surface area contributed by atoms with Crippen LogP contribution in [0.25, 0.3) is 0 Å². The molecule has 3 aliphatic heterocycles. The Balaban J connectivity index is 1.38. The third-order valence-corrected chi connectivity index (χ3v) is 8.54. The number of carbonyl (C=O) groups excluding carboxylic acids is 2. The van der Waals surface area contributed by atoms with Gasteiger partial charge in [0.15, 0.2) is 0 Å². The fourth-order valence-electron chi connectivity index (χ4n) is 6.24. The van der Waals surface area contributed by atoms with E-state index in [-0.39, 0.29) is 11.9 Å². The zero-order valence-electron chi connectivity index (χ0n) is 22.8. The molecule has 206 valence electrons. The van der Waals surface area contributed by atoms with Crippen LogP contribution in [0, 0.1) is 5.41 Å².